The summed E-state index contributed by atoms with van der Waals surface area (Å²) in [5.74, 6) is 3.38. The molecule has 2 aliphatic rings. The van der Waals surface area contributed by atoms with E-state index < -0.39 is 0 Å². The van der Waals surface area contributed by atoms with E-state index in [9.17, 15) is 0 Å². The summed E-state index contributed by atoms with van der Waals surface area (Å²) >= 11 is 0. The first-order valence-electron chi connectivity index (χ1n) is 31.2. The van der Waals surface area contributed by atoms with E-state index in [4.69, 9.17) is 14.2 Å². The van der Waals surface area contributed by atoms with Gasteiger partial charge >= 0.3 is 0 Å². The fraction of sp³-hybridized carbons (Fsp3) is 0.416. The van der Waals surface area contributed by atoms with Gasteiger partial charge < -0.3 is 14.2 Å². The van der Waals surface area contributed by atoms with Crippen LogP contribution in [-0.2, 0) is 37.5 Å². The van der Waals surface area contributed by atoms with Gasteiger partial charge in [0.2, 0.25) is 0 Å². The van der Waals surface area contributed by atoms with Crippen LogP contribution in [0, 0.1) is 31.1 Å². The molecule has 0 unspecified atom stereocenters. The molecule has 80 heavy (non-hydrogen) atoms. The van der Waals surface area contributed by atoms with Crippen LogP contribution in [0.25, 0.3) is 56.3 Å². The normalized spacial score (nSPS) is 12.8. The van der Waals surface area contributed by atoms with E-state index in [1.54, 1.807) is 0 Å². The molecule has 10 rings (SSSR count). The summed E-state index contributed by atoms with van der Waals surface area (Å²) in [6.07, 6.45) is 19.4. The van der Waals surface area contributed by atoms with Crippen LogP contribution in [0.2, 0.25) is 0 Å². The molecule has 2 aromatic heterocycles. The Morgan fingerprint density at radius 2 is 1.24 bits per heavy atom. The van der Waals surface area contributed by atoms with Crippen LogP contribution in [0.3, 0.4) is 0 Å². The summed E-state index contributed by atoms with van der Waals surface area (Å²) in [4.78, 5) is 0. The van der Waals surface area contributed by atoms with Gasteiger partial charge in [0.25, 0.3) is 0 Å². The molecule has 1 N–H and O–H groups in total. The monoisotopic (exact) mass is 1080 g/mol. The Kier molecular flexibility index (Phi) is 29.9. The Labute approximate surface area is 488 Å². The Morgan fingerprint density at radius 1 is 0.613 bits per heavy atom. The first-order chi connectivity index (χ1) is 38.8. The van der Waals surface area contributed by atoms with Crippen molar-refractivity contribution < 1.29 is 8.83 Å². The molecule has 0 saturated heterocycles. The predicted molar refractivity (Wildman–Crippen MR) is 357 cm³/mol. The summed E-state index contributed by atoms with van der Waals surface area (Å²) < 4.78 is 11.9. The van der Waals surface area contributed by atoms with Crippen molar-refractivity contribution in [2.45, 2.75) is 201 Å². The third-order valence-electron chi connectivity index (χ3n) is 15.2. The topological polar surface area (TPSA) is 50.1 Å². The molecule has 2 atom stereocenters. The van der Waals surface area contributed by atoms with Crippen LogP contribution >= 0.6 is 0 Å². The van der Waals surface area contributed by atoms with Crippen molar-refractivity contribution in [1.29, 1.82) is 5.41 Å². The average molecular weight is 1080 g/mol. The smallest absolute Gasteiger partial charge is 0.138 e. The largest absolute Gasteiger partial charge is 0.460 e. The maximum atomic E-state index is 8.01. The number of allylic oxidation sites excluding steroid dienone is 2. The fourth-order valence-electron chi connectivity index (χ4n) is 10.4. The maximum absolute atomic E-state index is 8.01. The summed E-state index contributed by atoms with van der Waals surface area (Å²) in [6.45, 7) is 40.4. The SMILES string of the molecule is CC.CC.CC.CC.CC[C@@H](C)Cc1cccc(C)c1.CCc1cccc2c3c(oc12)CCCC=C3.CCc1ccccc1-c1cc2c(cc1C)C(C)(C)c1ccccc1-2.CCc1oc2ccccc2c1/C=C\CC(=N)[C@H](C)CC. The summed E-state index contributed by atoms with van der Waals surface area (Å²) in [6, 6.07) is 45.9. The minimum Gasteiger partial charge on any atom is -0.460 e. The molecule has 2 aliphatic carbocycles. The second kappa shape index (κ2) is 35.3. The highest BCUT2D eigenvalue weighted by molar-refractivity contribution is 5.92. The van der Waals surface area contributed by atoms with Gasteiger partial charge in [0.15, 0.2) is 0 Å². The molecule has 0 amide bonds. The van der Waals surface area contributed by atoms with Crippen LogP contribution < -0.4 is 0 Å². The van der Waals surface area contributed by atoms with Crippen molar-refractivity contribution >= 4 is 39.8 Å². The van der Waals surface area contributed by atoms with E-state index in [-0.39, 0.29) is 5.41 Å². The number of benzene rings is 6. The Morgan fingerprint density at radius 3 is 1.90 bits per heavy atom. The van der Waals surface area contributed by atoms with Gasteiger partial charge in [0.05, 0.1) is 0 Å². The minimum atomic E-state index is 0.0828. The lowest BCUT2D eigenvalue weighted by Gasteiger charge is -2.22. The van der Waals surface area contributed by atoms with Gasteiger partial charge in [0, 0.05) is 52.3 Å². The van der Waals surface area contributed by atoms with Gasteiger partial charge in [0.1, 0.15) is 22.7 Å². The molecule has 3 nitrogen and oxygen atoms in total. The number of hydrogen-bond donors (Lipinski definition) is 1. The number of rotatable bonds is 12. The standard InChI is InChI=1S/C24H24.C18H23NO.C15H16O.C12H18.4C2H6/c1-5-17-10-6-7-11-18(17)20-15-21-19-12-8-9-13-22(19)24(3,4)23(21)14-16(20)2;1-4-13(3)16(19)11-8-10-14-15-9-6-7-12-18(15)20-17(14)5-2;1-2-11-7-6-9-13-12-8-4-3-5-10-14(12)16-15(11)13;1-4-10(2)8-12-7-5-6-11(3)9-12;4*1-2/h6-15H,5H2,1-4H3;6-10,12-13,19H,4-5,11H2,1-3H3;4,6-9H,2-3,5,10H2,1H3;5-7,9-10H,4,8H2,1-3H3;4*1-2H3/b;10-8-,19-16?;;;;;;/t;13-;;10-;;;;/m.1.1..../s1. The van der Waals surface area contributed by atoms with E-state index in [0.717, 1.165) is 72.5 Å². The van der Waals surface area contributed by atoms with Gasteiger partial charge in [-0.1, -0.05) is 269 Å². The molecule has 8 aromatic rings. The number of para-hydroxylation sites is 2. The molecule has 0 radical (unpaired) electrons. The first-order valence-corrected chi connectivity index (χ1v) is 31.2. The lowest BCUT2D eigenvalue weighted by molar-refractivity contribution is 0.538. The van der Waals surface area contributed by atoms with Gasteiger partial charge in [-0.15, -0.1) is 0 Å². The molecule has 6 aromatic carbocycles. The van der Waals surface area contributed by atoms with Crippen LogP contribution in [-0.4, -0.2) is 5.71 Å². The van der Waals surface area contributed by atoms with E-state index >= 15 is 0 Å². The van der Waals surface area contributed by atoms with Gasteiger partial charge in [-0.05, 0) is 132 Å². The van der Waals surface area contributed by atoms with Crippen molar-refractivity contribution in [3.8, 4) is 22.3 Å². The molecule has 0 saturated carbocycles. The molecular formula is C77H105NO2. The van der Waals surface area contributed by atoms with Crippen molar-refractivity contribution in [3.63, 3.8) is 0 Å². The minimum absolute atomic E-state index is 0.0828. The van der Waals surface area contributed by atoms with Gasteiger partial charge in [-0.25, -0.2) is 0 Å². The van der Waals surface area contributed by atoms with E-state index in [0.29, 0.717) is 5.92 Å². The third-order valence-corrected chi connectivity index (χ3v) is 15.2. The van der Waals surface area contributed by atoms with E-state index in [1.807, 2.05) is 73.6 Å². The Balaban J connectivity index is 0.000000275. The molecule has 0 spiro atoms. The number of nitrogens with one attached hydrogen (secondary N) is 1. The van der Waals surface area contributed by atoms with Crippen LogP contribution in [0.15, 0.2) is 148 Å². The quantitative estimate of drug-likeness (QED) is 0.124. The van der Waals surface area contributed by atoms with Gasteiger partial charge in [-0.3, -0.25) is 0 Å². The zero-order chi connectivity index (χ0) is 59.4. The fourth-order valence-corrected chi connectivity index (χ4v) is 10.4. The second-order valence-electron chi connectivity index (χ2n) is 20.7. The maximum Gasteiger partial charge on any atom is 0.138 e. The Bertz CT molecular complexity index is 3150. The summed E-state index contributed by atoms with van der Waals surface area (Å²) in [5, 5.41) is 10.5. The van der Waals surface area contributed by atoms with Crippen LogP contribution in [0.1, 0.15) is 211 Å². The van der Waals surface area contributed by atoms with Crippen molar-refractivity contribution in [2.24, 2.45) is 11.8 Å². The number of aryl methyl sites for hydroxylation is 6. The molecule has 0 fully saturated rings. The number of fused-ring (bicyclic) bond motifs is 7. The highest BCUT2D eigenvalue weighted by Crippen LogP contribution is 2.50. The van der Waals surface area contributed by atoms with Crippen LogP contribution in [0.5, 0.6) is 0 Å². The Hall–Kier alpha value is -6.45. The molecule has 3 heteroatoms. The average Bonchev–Trinajstić information content (AvgIpc) is 4.15. The first kappa shape index (κ1) is 67.8. The van der Waals surface area contributed by atoms with Crippen LogP contribution in [0.4, 0.5) is 0 Å². The third kappa shape index (κ3) is 17.5. The number of hydrogen-bond acceptors (Lipinski definition) is 3. The highest BCUT2D eigenvalue weighted by atomic mass is 16.3. The lowest BCUT2D eigenvalue weighted by atomic mass is 9.81. The van der Waals surface area contributed by atoms with Crippen molar-refractivity contribution in [2.75, 3.05) is 0 Å². The van der Waals surface area contributed by atoms with Crippen molar-refractivity contribution in [1.82, 2.24) is 0 Å². The van der Waals surface area contributed by atoms with Gasteiger partial charge in [-0.2, -0.15) is 0 Å². The summed E-state index contributed by atoms with van der Waals surface area (Å²) in [5.41, 5.74) is 20.8. The summed E-state index contributed by atoms with van der Waals surface area (Å²) in [7, 11) is 0. The molecule has 430 valence electrons. The molecule has 0 bridgehead atoms. The molecule has 0 aliphatic heterocycles. The van der Waals surface area contributed by atoms with Crippen molar-refractivity contribution in [3.05, 3.63) is 201 Å². The predicted octanol–water partition coefficient (Wildman–Crippen LogP) is 24.0. The number of furan rings is 2. The molecular weight excluding hydrogens is 971 g/mol. The zero-order valence-electron chi connectivity index (χ0n) is 53.5. The second-order valence-corrected chi connectivity index (χ2v) is 20.7. The molecule has 2 heterocycles. The highest BCUT2D eigenvalue weighted by Gasteiger charge is 2.35. The van der Waals surface area contributed by atoms with E-state index in [1.165, 1.54) is 109 Å². The lowest BCUT2D eigenvalue weighted by Crippen LogP contribution is -2.15. The van der Waals surface area contributed by atoms with E-state index in [2.05, 4.69) is 210 Å². The zero-order valence-corrected chi connectivity index (χ0v) is 53.5.